The van der Waals surface area contributed by atoms with Gasteiger partial charge in [-0.1, -0.05) is 0 Å². The van der Waals surface area contributed by atoms with Crippen LogP contribution in [0, 0.1) is 11.3 Å². The van der Waals surface area contributed by atoms with Crippen molar-refractivity contribution in [2.75, 3.05) is 59.7 Å². The number of carbonyl (C=O) groups excluding carboxylic acids is 1. The number of carbonyl (C=O) groups is 1. The maximum atomic E-state index is 12.2. The van der Waals surface area contributed by atoms with Crippen LogP contribution in [0.2, 0.25) is 0 Å². The molecule has 20 heavy (non-hydrogen) atoms. The number of morpholine rings is 1. The molecular weight excluding hydrogens is 260 g/mol. The number of hydrogen-bond donors (Lipinski definition) is 1. The molecule has 7 nitrogen and oxygen atoms in total. The minimum Gasteiger partial charge on any atom is -0.383 e. The highest BCUT2D eigenvalue weighted by Gasteiger charge is 2.21. The Labute approximate surface area is 120 Å². The first-order valence-corrected chi connectivity index (χ1v) is 6.89. The molecule has 0 aliphatic carbocycles. The van der Waals surface area contributed by atoms with E-state index in [9.17, 15) is 4.79 Å². The van der Waals surface area contributed by atoms with Gasteiger partial charge in [0.15, 0.2) is 0 Å². The van der Waals surface area contributed by atoms with Crippen LogP contribution in [0.4, 0.5) is 0 Å². The molecule has 1 atom stereocenters. The Kier molecular flexibility index (Phi) is 8.14. The summed E-state index contributed by atoms with van der Waals surface area (Å²) in [5, 5.41) is 8.68. The first-order valence-electron chi connectivity index (χ1n) is 6.89. The summed E-state index contributed by atoms with van der Waals surface area (Å²) in [6.07, 6.45) is 0.314. The normalized spacial score (nSPS) is 17.4. The third-order valence-corrected chi connectivity index (χ3v) is 3.26. The average molecular weight is 284 g/mol. The molecule has 1 saturated heterocycles. The number of ether oxygens (including phenoxy) is 2. The number of amides is 1. The lowest BCUT2D eigenvalue weighted by atomic mass is 10.2. The third-order valence-electron chi connectivity index (χ3n) is 3.26. The molecule has 1 aliphatic heterocycles. The van der Waals surface area contributed by atoms with Gasteiger partial charge >= 0.3 is 0 Å². The van der Waals surface area contributed by atoms with E-state index < -0.39 is 6.04 Å². The smallest absolute Gasteiger partial charge is 0.241 e. The lowest BCUT2D eigenvalue weighted by Crippen LogP contribution is -2.49. The second-order valence-corrected chi connectivity index (χ2v) is 4.75. The van der Waals surface area contributed by atoms with Crippen LogP contribution in [0.5, 0.6) is 0 Å². The second-order valence-electron chi connectivity index (χ2n) is 4.75. The van der Waals surface area contributed by atoms with E-state index in [1.54, 1.807) is 4.90 Å². The molecule has 1 heterocycles. The molecule has 0 aromatic carbocycles. The van der Waals surface area contributed by atoms with Crippen molar-refractivity contribution in [1.82, 2.24) is 9.80 Å². The summed E-state index contributed by atoms with van der Waals surface area (Å²) in [6.45, 7) is 5.19. The molecule has 1 aliphatic rings. The highest BCUT2D eigenvalue weighted by Crippen LogP contribution is 2.01. The van der Waals surface area contributed by atoms with E-state index in [-0.39, 0.29) is 12.5 Å². The Morgan fingerprint density at radius 2 is 2.20 bits per heavy atom. The summed E-state index contributed by atoms with van der Waals surface area (Å²) in [4.78, 5) is 16.1. The lowest BCUT2D eigenvalue weighted by Gasteiger charge is -2.30. The number of rotatable bonds is 8. The second kappa shape index (κ2) is 9.66. The molecule has 0 bridgehead atoms. The van der Waals surface area contributed by atoms with Crippen LogP contribution in [-0.2, 0) is 14.3 Å². The Hall–Kier alpha value is -1.20. The Morgan fingerprint density at radius 3 is 2.80 bits per heavy atom. The number of nitriles is 1. The molecule has 7 heteroatoms. The maximum Gasteiger partial charge on any atom is 0.241 e. The molecular formula is C13H24N4O3. The molecule has 0 saturated carbocycles. The van der Waals surface area contributed by atoms with E-state index in [4.69, 9.17) is 20.5 Å². The summed E-state index contributed by atoms with van der Waals surface area (Å²) >= 11 is 0. The minimum atomic E-state index is -0.664. The van der Waals surface area contributed by atoms with Crippen molar-refractivity contribution in [2.24, 2.45) is 5.73 Å². The SMILES string of the molecule is COCC(N)C(=O)N(CCC#N)CCN1CCOCC1. The first kappa shape index (κ1) is 16.9. The van der Waals surface area contributed by atoms with Gasteiger partial charge < -0.3 is 20.1 Å². The Bertz CT molecular complexity index is 326. The summed E-state index contributed by atoms with van der Waals surface area (Å²) < 4.78 is 10.2. The quantitative estimate of drug-likeness (QED) is 0.617. The van der Waals surface area contributed by atoms with Crippen molar-refractivity contribution in [1.29, 1.82) is 5.26 Å². The van der Waals surface area contributed by atoms with Gasteiger partial charge in [0.1, 0.15) is 6.04 Å². The predicted molar refractivity (Wildman–Crippen MR) is 73.9 cm³/mol. The molecule has 0 radical (unpaired) electrons. The van der Waals surface area contributed by atoms with E-state index in [0.717, 1.165) is 32.8 Å². The highest BCUT2D eigenvalue weighted by atomic mass is 16.5. The topological polar surface area (TPSA) is 91.8 Å². The van der Waals surface area contributed by atoms with Gasteiger partial charge in [0.2, 0.25) is 5.91 Å². The number of methoxy groups -OCH3 is 1. The summed E-state index contributed by atoms with van der Waals surface area (Å²) in [5.74, 6) is -0.157. The van der Waals surface area contributed by atoms with Crippen molar-refractivity contribution in [2.45, 2.75) is 12.5 Å². The average Bonchev–Trinajstić information content (AvgIpc) is 2.48. The lowest BCUT2D eigenvalue weighted by molar-refractivity contribution is -0.134. The summed E-state index contributed by atoms with van der Waals surface area (Å²) in [7, 11) is 1.51. The third kappa shape index (κ3) is 5.84. The molecule has 0 spiro atoms. The van der Waals surface area contributed by atoms with Gasteiger partial charge in [-0.05, 0) is 0 Å². The largest absolute Gasteiger partial charge is 0.383 e. The van der Waals surface area contributed by atoms with E-state index in [2.05, 4.69) is 11.0 Å². The van der Waals surface area contributed by atoms with Crippen molar-refractivity contribution >= 4 is 5.91 Å². The number of nitrogens with zero attached hydrogens (tertiary/aromatic N) is 3. The van der Waals surface area contributed by atoms with Crippen LogP contribution in [0.1, 0.15) is 6.42 Å². The molecule has 1 unspecified atom stereocenters. The zero-order valence-corrected chi connectivity index (χ0v) is 12.1. The summed E-state index contributed by atoms with van der Waals surface area (Å²) in [5.41, 5.74) is 5.78. The fraction of sp³-hybridized carbons (Fsp3) is 0.846. The van der Waals surface area contributed by atoms with Gasteiger partial charge in [-0.25, -0.2) is 0 Å². The molecule has 0 aromatic rings. The van der Waals surface area contributed by atoms with Gasteiger partial charge in [-0.2, -0.15) is 5.26 Å². The standard InChI is InChI=1S/C13H24N4O3/c1-19-11-12(15)13(18)17(4-2-3-14)6-5-16-7-9-20-10-8-16/h12H,2,4-11,15H2,1H3. The molecule has 1 amide bonds. The van der Waals surface area contributed by atoms with Crippen LogP contribution < -0.4 is 5.73 Å². The van der Waals surface area contributed by atoms with Crippen LogP contribution in [0.15, 0.2) is 0 Å². The van der Waals surface area contributed by atoms with Crippen LogP contribution >= 0.6 is 0 Å². The monoisotopic (exact) mass is 284 g/mol. The zero-order valence-electron chi connectivity index (χ0n) is 12.1. The van der Waals surface area contributed by atoms with Gasteiger partial charge in [0, 0.05) is 39.8 Å². The van der Waals surface area contributed by atoms with Crippen molar-refractivity contribution in [3.63, 3.8) is 0 Å². The van der Waals surface area contributed by atoms with Crippen LogP contribution in [0.25, 0.3) is 0 Å². The Morgan fingerprint density at radius 1 is 1.50 bits per heavy atom. The molecule has 2 N–H and O–H groups in total. The van der Waals surface area contributed by atoms with Gasteiger partial charge in [0.25, 0.3) is 0 Å². The zero-order chi connectivity index (χ0) is 14.8. The van der Waals surface area contributed by atoms with Gasteiger partial charge in [-0.15, -0.1) is 0 Å². The molecule has 0 aromatic heterocycles. The van der Waals surface area contributed by atoms with Gasteiger partial charge in [0.05, 0.1) is 32.3 Å². The first-order chi connectivity index (χ1) is 9.69. The minimum absolute atomic E-state index is 0.157. The van der Waals surface area contributed by atoms with Crippen LogP contribution in [0.3, 0.4) is 0 Å². The van der Waals surface area contributed by atoms with Crippen molar-refractivity contribution in [3.05, 3.63) is 0 Å². The number of nitrogens with two attached hydrogens (primary N) is 1. The fourth-order valence-electron chi connectivity index (χ4n) is 2.09. The molecule has 1 rings (SSSR count). The molecule has 114 valence electrons. The fourth-order valence-corrected chi connectivity index (χ4v) is 2.09. The number of hydrogen-bond acceptors (Lipinski definition) is 6. The van der Waals surface area contributed by atoms with Crippen LogP contribution in [-0.4, -0.2) is 81.4 Å². The predicted octanol–water partition coefficient (Wildman–Crippen LogP) is -0.965. The van der Waals surface area contributed by atoms with E-state index >= 15 is 0 Å². The Balaban J connectivity index is 2.45. The van der Waals surface area contributed by atoms with Crippen molar-refractivity contribution < 1.29 is 14.3 Å². The van der Waals surface area contributed by atoms with E-state index in [1.165, 1.54) is 7.11 Å². The molecule has 1 fully saturated rings. The maximum absolute atomic E-state index is 12.2. The highest BCUT2D eigenvalue weighted by molar-refractivity contribution is 5.81. The van der Waals surface area contributed by atoms with Gasteiger partial charge in [-0.3, -0.25) is 9.69 Å². The summed E-state index contributed by atoms with van der Waals surface area (Å²) in [6, 6.07) is 1.40. The van der Waals surface area contributed by atoms with E-state index in [1.807, 2.05) is 0 Å². The van der Waals surface area contributed by atoms with Crippen molar-refractivity contribution in [3.8, 4) is 6.07 Å². The van der Waals surface area contributed by atoms with E-state index in [0.29, 0.717) is 19.5 Å².